The molecule has 0 saturated carbocycles. The average molecular weight is 848 g/mol. The van der Waals surface area contributed by atoms with Crippen LogP contribution in [-0.4, -0.2) is 77.7 Å². The predicted octanol–water partition coefficient (Wildman–Crippen LogP) is 6.56. The fraction of sp³-hybridized carbons (Fsp3) is 0.350. The van der Waals surface area contributed by atoms with Gasteiger partial charge in [0, 0.05) is 21.9 Å². The van der Waals surface area contributed by atoms with Gasteiger partial charge in [-0.3, -0.25) is 9.59 Å². The number of nitrogens with two attached hydrogens (primary N) is 1. The Hall–Kier alpha value is -6.50. The highest BCUT2D eigenvalue weighted by Gasteiger charge is 2.24. The highest BCUT2D eigenvalue weighted by molar-refractivity contribution is 7.98. The molecule has 19 heteroatoms. The van der Waals surface area contributed by atoms with Crippen LogP contribution in [0.25, 0.3) is 22.6 Å². The van der Waals surface area contributed by atoms with Gasteiger partial charge >= 0.3 is 24.1 Å². The van der Waals surface area contributed by atoms with Gasteiger partial charge in [0.05, 0.1) is 11.3 Å². The normalized spacial score (nSPS) is 11.6. The van der Waals surface area contributed by atoms with Crippen molar-refractivity contribution >= 4 is 53.3 Å². The summed E-state index contributed by atoms with van der Waals surface area (Å²) in [6, 6.07) is 17.5. The number of carbonyl (C=O) groups excluding carboxylic acids is 4. The second-order valence-corrected chi connectivity index (χ2v) is 15.8. The maximum absolute atomic E-state index is 12.7. The Kier molecular flexibility index (Phi) is 15.5. The molecule has 0 aliphatic heterocycles. The first kappa shape index (κ1) is 45.2. The van der Waals surface area contributed by atoms with Crippen molar-refractivity contribution < 1.29 is 47.3 Å². The van der Waals surface area contributed by atoms with Crippen LogP contribution >= 0.6 is 23.4 Å². The van der Waals surface area contributed by atoms with Crippen LogP contribution in [0.3, 0.4) is 0 Å². The topological polar surface area (TPSA) is 251 Å². The lowest BCUT2D eigenvalue weighted by Gasteiger charge is -2.21. The molecule has 0 aliphatic rings. The monoisotopic (exact) mass is 847 g/mol. The molecule has 0 fully saturated rings. The molecule has 0 unspecified atom stereocenters. The molecule has 4 N–H and O–H groups in total. The van der Waals surface area contributed by atoms with Gasteiger partial charge in [0.25, 0.3) is 0 Å². The third-order valence-electron chi connectivity index (χ3n) is 7.27. The van der Waals surface area contributed by atoms with Gasteiger partial charge in [0.1, 0.15) is 78.1 Å². The van der Waals surface area contributed by atoms with Crippen LogP contribution in [-0.2, 0) is 34.3 Å². The van der Waals surface area contributed by atoms with E-state index >= 15 is 0 Å². The Morgan fingerprint density at radius 3 is 1.98 bits per heavy atom. The summed E-state index contributed by atoms with van der Waals surface area (Å²) >= 11 is 7.18. The standard InChI is InChI=1S/C40H42ClN7O10S/c1-39(2,3)57-37(51)45-17-31(49)54-21-28(56-32(50)18-46-38(52)58-40(4,5)6)20-53-27-13-9-23(10-14-27)33-29(15-42)34(44)48-36(30(33)16-43)59-22-26-19-55-35(47-26)24-7-11-25(41)12-8-24/h7-14,19,28H,17-18,20-22H2,1-6H3,(H2,44,48)(H,45,51)(H,46,52)/t28-/m0/s1. The number of carbonyl (C=O) groups is 4. The van der Waals surface area contributed by atoms with Crippen LogP contribution < -0.4 is 21.1 Å². The second-order valence-electron chi connectivity index (χ2n) is 14.4. The summed E-state index contributed by atoms with van der Waals surface area (Å²) in [6.45, 7) is 8.08. The maximum Gasteiger partial charge on any atom is 0.408 e. The molecule has 0 spiro atoms. The number of nitrogen functional groups attached to an aromatic ring is 1. The molecule has 0 radical (unpaired) electrons. The van der Waals surface area contributed by atoms with E-state index in [2.05, 4.69) is 26.7 Å². The van der Waals surface area contributed by atoms with E-state index in [4.69, 9.17) is 45.4 Å². The molecule has 59 heavy (non-hydrogen) atoms. The number of anilines is 1. The number of hydrogen-bond donors (Lipinski definition) is 3. The minimum absolute atomic E-state index is 0.000899. The Bertz CT molecular complexity index is 2220. The van der Waals surface area contributed by atoms with Crippen molar-refractivity contribution in [3.63, 3.8) is 0 Å². The number of hydrogen-bond acceptors (Lipinski definition) is 16. The molecule has 17 nitrogen and oxygen atoms in total. The van der Waals surface area contributed by atoms with Gasteiger partial charge in [-0.2, -0.15) is 10.5 Å². The number of esters is 2. The number of nitrogens with zero attached hydrogens (tertiary/aromatic N) is 4. The van der Waals surface area contributed by atoms with Gasteiger partial charge in [0.15, 0.2) is 6.10 Å². The molecule has 2 aromatic carbocycles. The Morgan fingerprint density at radius 1 is 0.831 bits per heavy atom. The molecule has 310 valence electrons. The number of thioether (sulfide) groups is 1. The third-order valence-corrected chi connectivity index (χ3v) is 8.54. The highest BCUT2D eigenvalue weighted by atomic mass is 35.5. The van der Waals surface area contributed by atoms with Gasteiger partial charge in [-0.05, 0) is 83.5 Å². The first-order chi connectivity index (χ1) is 27.8. The average Bonchev–Trinajstić information content (AvgIpc) is 3.64. The first-order valence-electron chi connectivity index (χ1n) is 17.8. The van der Waals surface area contributed by atoms with Crippen molar-refractivity contribution in [1.29, 1.82) is 10.5 Å². The van der Waals surface area contributed by atoms with Crippen LogP contribution in [0.5, 0.6) is 5.75 Å². The molecular formula is C40H42ClN7O10S. The summed E-state index contributed by atoms with van der Waals surface area (Å²) in [5.74, 6) is -0.877. The summed E-state index contributed by atoms with van der Waals surface area (Å²) in [7, 11) is 0. The van der Waals surface area contributed by atoms with E-state index in [1.54, 1.807) is 90.1 Å². The van der Waals surface area contributed by atoms with Gasteiger partial charge in [-0.1, -0.05) is 35.5 Å². The van der Waals surface area contributed by atoms with Gasteiger partial charge in [-0.15, -0.1) is 0 Å². The fourth-order valence-corrected chi connectivity index (χ4v) is 5.83. The molecule has 0 bridgehead atoms. The molecule has 2 heterocycles. The highest BCUT2D eigenvalue weighted by Crippen LogP contribution is 2.37. The lowest BCUT2D eigenvalue weighted by Crippen LogP contribution is -2.39. The molecule has 0 saturated heterocycles. The van der Waals surface area contributed by atoms with E-state index in [9.17, 15) is 29.7 Å². The number of halogens is 1. The van der Waals surface area contributed by atoms with Crippen molar-refractivity contribution in [2.24, 2.45) is 0 Å². The third kappa shape index (κ3) is 14.4. The number of oxazole rings is 1. The van der Waals surface area contributed by atoms with Crippen LogP contribution in [0.15, 0.2) is 64.2 Å². The Labute approximate surface area is 349 Å². The molecule has 1 atom stereocenters. The summed E-state index contributed by atoms with van der Waals surface area (Å²) in [4.78, 5) is 57.9. The van der Waals surface area contributed by atoms with E-state index in [0.717, 1.165) is 5.56 Å². The summed E-state index contributed by atoms with van der Waals surface area (Å²) in [5, 5.41) is 25.7. The van der Waals surface area contributed by atoms with E-state index in [1.807, 2.05) is 6.07 Å². The first-order valence-corrected chi connectivity index (χ1v) is 19.2. The van der Waals surface area contributed by atoms with Crippen molar-refractivity contribution in [3.8, 4) is 40.5 Å². The lowest BCUT2D eigenvalue weighted by atomic mass is 9.97. The van der Waals surface area contributed by atoms with Crippen LogP contribution in [0.1, 0.15) is 58.4 Å². The zero-order chi connectivity index (χ0) is 43.3. The molecule has 2 amide bonds. The van der Waals surface area contributed by atoms with Crippen LogP contribution in [0, 0.1) is 22.7 Å². The van der Waals surface area contributed by atoms with E-state index in [1.165, 1.54) is 18.0 Å². The number of amides is 2. The number of pyridine rings is 1. The molecule has 2 aromatic heterocycles. The zero-order valence-corrected chi connectivity index (χ0v) is 34.6. The summed E-state index contributed by atoms with van der Waals surface area (Å²) in [6.07, 6.45) is -1.35. The lowest BCUT2D eigenvalue weighted by molar-refractivity contribution is -0.159. The minimum atomic E-state index is -1.17. The van der Waals surface area contributed by atoms with Crippen molar-refractivity contribution in [3.05, 3.63) is 76.6 Å². The van der Waals surface area contributed by atoms with E-state index < -0.39 is 61.1 Å². The van der Waals surface area contributed by atoms with Gasteiger partial charge in [-0.25, -0.2) is 19.6 Å². The van der Waals surface area contributed by atoms with E-state index in [-0.39, 0.29) is 45.6 Å². The number of nitrogens with one attached hydrogen (secondary N) is 2. The number of aromatic nitrogens is 2. The number of rotatable bonds is 15. The quantitative estimate of drug-likeness (QED) is 0.0651. The molecule has 4 aromatic rings. The number of alkyl carbamates (subject to hydrolysis) is 2. The van der Waals surface area contributed by atoms with E-state index in [0.29, 0.717) is 22.2 Å². The minimum Gasteiger partial charge on any atom is -0.490 e. The maximum atomic E-state index is 12.7. The van der Waals surface area contributed by atoms with Crippen molar-refractivity contribution in [2.45, 2.75) is 69.6 Å². The summed E-state index contributed by atoms with van der Waals surface area (Å²) < 4.78 is 32.4. The fourth-order valence-electron chi connectivity index (χ4n) is 4.84. The van der Waals surface area contributed by atoms with Crippen molar-refractivity contribution in [1.82, 2.24) is 20.6 Å². The number of benzene rings is 2. The SMILES string of the molecule is CC(C)(C)OC(=O)NCC(=O)OC[C@H](COc1ccc(-c2c(C#N)c(N)nc(SCc3coc(-c4ccc(Cl)cc4)n3)c2C#N)cc1)OC(=O)CNC(=O)OC(C)(C)C. The number of ether oxygens (including phenoxy) is 5. The van der Waals surface area contributed by atoms with Crippen molar-refractivity contribution in [2.75, 3.05) is 32.0 Å². The number of nitriles is 2. The molecular weight excluding hydrogens is 806 g/mol. The zero-order valence-electron chi connectivity index (χ0n) is 33.0. The molecule has 0 aliphatic carbocycles. The predicted molar refractivity (Wildman–Crippen MR) is 215 cm³/mol. The largest absolute Gasteiger partial charge is 0.490 e. The van der Waals surface area contributed by atoms with Gasteiger partial charge in [0.2, 0.25) is 5.89 Å². The Balaban J connectivity index is 1.46. The second kappa shape index (κ2) is 20.3. The summed E-state index contributed by atoms with van der Waals surface area (Å²) in [5.41, 5.74) is 6.77. The van der Waals surface area contributed by atoms with Crippen LogP contribution in [0.2, 0.25) is 5.02 Å². The smallest absolute Gasteiger partial charge is 0.408 e. The van der Waals surface area contributed by atoms with Gasteiger partial charge < -0.3 is 44.5 Å². The van der Waals surface area contributed by atoms with Crippen LogP contribution in [0.4, 0.5) is 15.4 Å². The Morgan fingerprint density at radius 2 is 1.41 bits per heavy atom. The molecule has 4 rings (SSSR count).